The van der Waals surface area contributed by atoms with Gasteiger partial charge in [-0.25, -0.2) is 4.68 Å². The number of hydrogen-bond acceptors (Lipinski definition) is 4. The monoisotopic (exact) mass is 277 g/mol. The van der Waals surface area contributed by atoms with Crippen LogP contribution in [0, 0.1) is 11.8 Å². The van der Waals surface area contributed by atoms with E-state index >= 15 is 0 Å². The van der Waals surface area contributed by atoms with Gasteiger partial charge in [0.1, 0.15) is 0 Å². The van der Waals surface area contributed by atoms with Crippen LogP contribution in [0.4, 0.5) is 0 Å². The van der Waals surface area contributed by atoms with E-state index in [2.05, 4.69) is 22.6 Å². The van der Waals surface area contributed by atoms with Crippen LogP contribution in [-0.2, 0) is 0 Å². The molecular formula is C14H23N5O. The number of carbonyl (C=O) groups excluding carboxylic acids is 1. The molecule has 1 aromatic heterocycles. The first-order valence-corrected chi connectivity index (χ1v) is 7.53. The Bertz CT molecular complexity index is 480. The van der Waals surface area contributed by atoms with Crippen LogP contribution in [-0.4, -0.2) is 52.5 Å². The number of amides is 1. The SMILES string of the molecule is CC1CC1CN(C)C(=O)c1cn(C2CCNCC2)nn1. The zero-order valence-corrected chi connectivity index (χ0v) is 12.2. The fourth-order valence-corrected chi connectivity index (χ4v) is 2.91. The molecule has 0 spiro atoms. The summed E-state index contributed by atoms with van der Waals surface area (Å²) in [5.41, 5.74) is 0.472. The van der Waals surface area contributed by atoms with Crippen LogP contribution in [0.2, 0.25) is 0 Å². The smallest absolute Gasteiger partial charge is 0.275 e. The van der Waals surface area contributed by atoms with E-state index in [1.54, 1.807) is 4.90 Å². The molecule has 1 saturated heterocycles. The third kappa shape index (κ3) is 2.85. The minimum atomic E-state index is -0.00992. The summed E-state index contributed by atoms with van der Waals surface area (Å²) in [5.74, 6) is 1.42. The molecule has 3 rings (SSSR count). The van der Waals surface area contributed by atoms with E-state index in [0.29, 0.717) is 17.7 Å². The predicted molar refractivity (Wildman–Crippen MR) is 75.4 cm³/mol. The Morgan fingerprint density at radius 2 is 2.20 bits per heavy atom. The van der Waals surface area contributed by atoms with Gasteiger partial charge in [0.2, 0.25) is 0 Å². The van der Waals surface area contributed by atoms with Gasteiger partial charge in [0.15, 0.2) is 5.69 Å². The molecule has 0 aromatic carbocycles. The first-order valence-electron chi connectivity index (χ1n) is 7.53. The summed E-state index contributed by atoms with van der Waals surface area (Å²) in [7, 11) is 1.86. The van der Waals surface area contributed by atoms with Crippen molar-refractivity contribution < 1.29 is 4.79 Å². The summed E-state index contributed by atoms with van der Waals surface area (Å²) in [5, 5.41) is 11.5. The van der Waals surface area contributed by atoms with Crippen LogP contribution in [0.15, 0.2) is 6.20 Å². The van der Waals surface area contributed by atoms with Crippen molar-refractivity contribution in [3.8, 4) is 0 Å². The molecule has 0 bridgehead atoms. The van der Waals surface area contributed by atoms with Gasteiger partial charge in [-0.1, -0.05) is 12.1 Å². The van der Waals surface area contributed by atoms with E-state index < -0.39 is 0 Å². The van der Waals surface area contributed by atoms with Crippen molar-refractivity contribution in [2.24, 2.45) is 11.8 Å². The molecular weight excluding hydrogens is 254 g/mol. The molecule has 20 heavy (non-hydrogen) atoms. The fourth-order valence-electron chi connectivity index (χ4n) is 2.91. The molecule has 1 aliphatic heterocycles. The van der Waals surface area contributed by atoms with Gasteiger partial charge in [-0.05, 0) is 44.2 Å². The van der Waals surface area contributed by atoms with E-state index in [-0.39, 0.29) is 5.91 Å². The zero-order valence-electron chi connectivity index (χ0n) is 12.2. The second-order valence-corrected chi connectivity index (χ2v) is 6.22. The number of hydrogen-bond donors (Lipinski definition) is 1. The van der Waals surface area contributed by atoms with Crippen LogP contribution in [0.25, 0.3) is 0 Å². The third-order valence-electron chi connectivity index (χ3n) is 4.54. The average Bonchev–Trinajstić information content (AvgIpc) is 2.96. The van der Waals surface area contributed by atoms with Crippen molar-refractivity contribution in [1.82, 2.24) is 25.2 Å². The van der Waals surface area contributed by atoms with E-state index in [1.807, 2.05) is 17.9 Å². The number of rotatable bonds is 4. The van der Waals surface area contributed by atoms with E-state index in [4.69, 9.17) is 0 Å². The second-order valence-electron chi connectivity index (χ2n) is 6.22. The van der Waals surface area contributed by atoms with Gasteiger partial charge < -0.3 is 10.2 Å². The van der Waals surface area contributed by atoms with E-state index in [1.165, 1.54) is 6.42 Å². The largest absolute Gasteiger partial charge is 0.340 e. The summed E-state index contributed by atoms with van der Waals surface area (Å²) in [6.45, 7) is 5.08. The van der Waals surface area contributed by atoms with Crippen molar-refractivity contribution in [3.05, 3.63) is 11.9 Å². The summed E-state index contributed by atoms with van der Waals surface area (Å²) >= 11 is 0. The summed E-state index contributed by atoms with van der Waals surface area (Å²) in [6.07, 6.45) is 5.14. The van der Waals surface area contributed by atoms with E-state index in [0.717, 1.165) is 38.4 Å². The van der Waals surface area contributed by atoms with Gasteiger partial charge >= 0.3 is 0 Å². The highest BCUT2D eigenvalue weighted by molar-refractivity contribution is 5.91. The maximum Gasteiger partial charge on any atom is 0.275 e. The highest BCUT2D eigenvalue weighted by Gasteiger charge is 2.34. The number of aromatic nitrogens is 3. The Labute approximate surface area is 119 Å². The molecule has 6 nitrogen and oxygen atoms in total. The Hall–Kier alpha value is -1.43. The molecule has 1 N–H and O–H groups in total. The molecule has 6 heteroatoms. The van der Waals surface area contributed by atoms with Crippen LogP contribution in [0.1, 0.15) is 42.7 Å². The minimum Gasteiger partial charge on any atom is -0.340 e. The van der Waals surface area contributed by atoms with Crippen molar-refractivity contribution in [3.63, 3.8) is 0 Å². The molecule has 0 radical (unpaired) electrons. The van der Waals surface area contributed by atoms with Crippen molar-refractivity contribution in [2.75, 3.05) is 26.7 Å². The normalized spacial score (nSPS) is 26.5. The molecule has 1 saturated carbocycles. The molecule has 1 aliphatic carbocycles. The average molecular weight is 277 g/mol. The Morgan fingerprint density at radius 1 is 1.50 bits per heavy atom. The lowest BCUT2D eigenvalue weighted by Crippen LogP contribution is -2.30. The Balaban J connectivity index is 1.61. The standard InChI is InChI=1S/C14H23N5O/c1-10-7-11(10)8-18(2)14(20)13-9-19(17-16-13)12-3-5-15-6-4-12/h9-12,15H,3-8H2,1-2H3. The topological polar surface area (TPSA) is 63.1 Å². The van der Waals surface area contributed by atoms with Gasteiger partial charge in [-0.3, -0.25) is 4.79 Å². The minimum absolute atomic E-state index is 0.00992. The fraction of sp³-hybridized carbons (Fsp3) is 0.786. The molecule has 2 heterocycles. The summed E-state index contributed by atoms with van der Waals surface area (Å²) < 4.78 is 1.86. The number of carbonyl (C=O) groups is 1. The van der Waals surface area contributed by atoms with Crippen LogP contribution in [0.3, 0.4) is 0 Å². The maximum absolute atomic E-state index is 12.3. The van der Waals surface area contributed by atoms with Gasteiger partial charge in [0.05, 0.1) is 12.2 Å². The van der Waals surface area contributed by atoms with Gasteiger partial charge in [0.25, 0.3) is 5.91 Å². The predicted octanol–water partition coefficient (Wildman–Crippen LogP) is 0.931. The van der Waals surface area contributed by atoms with Crippen molar-refractivity contribution >= 4 is 5.91 Å². The van der Waals surface area contributed by atoms with Crippen LogP contribution >= 0.6 is 0 Å². The Morgan fingerprint density at radius 3 is 2.85 bits per heavy atom. The number of nitrogens with zero attached hydrogens (tertiary/aromatic N) is 4. The van der Waals surface area contributed by atoms with Crippen LogP contribution in [0.5, 0.6) is 0 Å². The first-order chi connectivity index (χ1) is 9.65. The lowest BCUT2D eigenvalue weighted by molar-refractivity contribution is 0.0781. The lowest BCUT2D eigenvalue weighted by atomic mass is 10.1. The molecule has 2 fully saturated rings. The molecule has 1 aromatic rings. The Kier molecular flexibility index (Phi) is 3.74. The highest BCUT2D eigenvalue weighted by atomic mass is 16.2. The second kappa shape index (κ2) is 5.52. The third-order valence-corrected chi connectivity index (χ3v) is 4.54. The summed E-state index contributed by atoms with van der Waals surface area (Å²) in [6, 6.07) is 0.374. The van der Waals surface area contributed by atoms with Crippen molar-refractivity contribution in [1.29, 1.82) is 0 Å². The lowest BCUT2D eigenvalue weighted by Gasteiger charge is -2.22. The van der Waals surface area contributed by atoms with Crippen LogP contribution < -0.4 is 5.32 Å². The molecule has 2 aliphatic rings. The first kappa shape index (κ1) is 13.5. The van der Waals surface area contributed by atoms with E-state index in [9.17, 15) is 4.79 Å². The molecule has 1 amide bonds. The molecule has 2 unspecified atom stereocenters. The van der Waals surface area contributed by atoms with Gasteiger partial charge in [-0.2, -0.15) is 0 Å². The maximum atomic E-state index is 12.3. The highest BCUT2D eigenvalue weighted by Crippen LogP contribution is 2.38. The number of piperidine rings is 1. The van der Waals surface area contributed by atoms with Gasteiger partial charge in [-0.15, -0.1) is 5.10 Å². The quantitative estimate of drug-likeness (QED) is 0.889. The molecule has 2 atom stereocenters. The van der Waals surface area contributed by atoms with Gasteiger partial charge in [0, 0.05) is 13.6 Å². The van der Waals surface area contributed by atoms with Crippen molar-refractivity contribution in [2.45, 2.75) is 32.2 Å². The molecule has 110 valence electrons. The zero-order chi connectivity index (χ0) is 14.1. The summed E-state index contributed by atoms with van der Waals surface area (Å²) in [4.78, 5) is 14.1. The number of nitrogens with one attached hydrogen (secondary N) is 1.